The monoisotopic (exact) mass is 232 g/mol. The fourth-order valence-corrected chi connectivity index (χ4v) is 1.84. The molecule has 0 aliphatic rings. The van der Waals surface area contributed by atoms with E-state index in [1.54, 1.807) is 0 Å². The van der Waals surface area contributed by atoms with Crippen LogP contribution in [-0.4, -0.2) is 9.76 Å². The van der Waals surface area contributed by atoms with Gasteiger partial charge in [0.1, 0.15) is 5.75 Å². The summed E-state index contributed by atoms with van der Waals surface area (Å²) in [6, 6.07) is 8.02. The summed E-state index contributed by atoms with van der Waals surface area (Å²) in [5.74, 6) is 1.55. The summed E-state index contributed by atoms with van der Waals surface area (Å²) in [5.41, 5.74) is 1.06. The zero-order valence-electron chi connectivity index (χ0n) is 10.6. The van der Waals surface area contributed by atoms with Gasteiger partial charge in [-0.15, -0.1) is 0 Å². The predicted molar refractivity (Wildman–Crippen MR) is 71.8 cm³/mol. The molecule has 0 saturated carbocycles. The maximum atomic E-state index is 5.91. The quantitative estimate of drug-likeness (QED) is 0.692. The molecule has 86 valence electrons. The summed E-state index contributed by atoms with van der Waals surface area (Å²) in [7, 11) is 0.468. The lowest BCUT2D eigenvalue weighted by molar-refractivity contribution is 0.428. The summed E-state index contributed by atoms with van der Waals surface area (Å²) in [4.78, 5) is 0. The van der Waals surface area contributed by atoms with Crippen molar-refractivity contribution in [2.45, 2.75) is 32.7 Å². The summed E-state index contributed by atoms with van der Waals surface area (Å²) < 4.78 is 5.91. The number of rotatable bonds is 5. The smallest absolute Gasteiger partial charge is 0.317 e. The van der Waals surface area contributed by atoms with Crippen LogP contribution < -0.4 is 4.43 Å². The van der Waals surface area contributed by atoms with Crippen LogP contribution in [0.25, 0.3) is 6.08 Å². The molecule has 0 fully saturated rings. The van der Waals surface area contributed by atoms with E-state index in [0.29, 0.717) is 15.7 Å². The number of para-hydroxylation sites is 1. The molecule has 0 amide bonds. The van der Waals surface area contributed by atoms with Gasteiger partial charge in [-0.05, 0) is 17.0 Å². The third-order valence-electron chi connectivity index (χ3n) is 3.01. The van der Waals surface area contributed by atoms with Crippen molar-refractivity contribution in [3.05, 3.63) is 36.4 Å². The third-order valence-corrected chi connectivity index (χ3v) is 4.43. The zero-order chi connectivity index (χ0) is 12.2. The molecule has 0 aliphatic carbocycles. The maximum Gasteiger partial charge on any atom is 0.317 e. The van der Waals surface area contributed by atoms with E-state index in [1.165, 1.54) is 0 Å². The first-order chi connectivity index (χ1) is 7.47. The molecule has 0 saturated heterocycles. The Balaban J connectivity index is 2.71. The summed E-state index contributed by atoms with van der Waals surface area (Å²) >= 11 is 0. The lowest BCUT2D eigenvalue weighted by atomic mass is 9.99. The molecule has 1 rings (SSSR count). The van der Waals surface area contributed by atoms with E-state index in [9.17, 15) is 0 Å². The van der Waals surface area contributed by atoms with Crippen molar-refractivity contribution in [2.24, 2.45) is 5.92 Å². The molecule has 0 aliphatic heterocycles. The molecule has 0 spiro atoms. The van der Waals surface area contributed by atoms with Gasteiger partial charge in [0.05, 0.1) is 0 Å². The van der Waals surface area contributed by atoms with Gasteiger partial charge in [0, 0.05) is 5.56 Å². The first-order valence-corrected chi connectivity index (χ1v) is 6.53. The van der Waals surface area contributed by atoms with Gasteiger partial charge in [0.2, 0.25) is 0 Å². The Morgan fingerprint density at radius 1 is 1.31 bits per heavy atom. The molecule has 0 N–H and O–H groups in total. The third kappa shape index (κ3) is 3.24. The zero-order valence-corrected chi connectivity index (χ0v) is 11.6. The van der Waals surface area contributed by atoms with E-state index >= 15 is 0 Å². The van der Waals surface area contributed by atoms with Crippen LogP contribution in [0.1, 0.15) is 33.3 Å². The van der Waals surface area contributed by atoms with Gasteiger partial charge in [-0.3, -0.25) is 0 Å². The molecule has 0 unspecified atom stereocenters. The Labute approximate surface area is 101 Å². The van der Waals surface area contributed by atoms with E-state index in [4.69, 9.17) is 4.43 Å². The van der Waals surface area contributed by atoms with E-state index in [0.717, 1.165) is 11.3 Å². The van der Waals surface area contributed by atoms with Crippen LogP contribution in [0.4, 0.5) is 0 Å². The van der Waals surface area contributed by atoms with Crippen molar-refractivity contribution in [1.29, 1.82) is 0 Å². The Bertz CT molecular complexity index is 356. The minimum Gasteiger partial charge on any atom is -0.540 e. The van der Waals surface area contributed by atoms with Gasteiger partial charge in [-0.1, -0.05) is 58.5 Å². The number of benzene rings is 1. The van der Waals surface area contributed by atoms with Crippen LogP contribution >= 0.6 is 0 Å². The van der Waals surface area contributed by atoms with Gasteiger partial charge >= 0.3 is 9.76 Å². The highest BCUT2D eigenvalue weighted by molar-refractivity contribution is 6.33. The average molecular weight is 232 g/mol. The lowest BCUT2D eigenvalue weighted by Crippen LogP contribution is -2.24. The topological polar surface area (TPSA) is 9.23 Å². The number of hydrogen-bond acceptors (Lipinski definition) is 1. The molecule has 2 radical (unpaired) electrons. The summed E-state index contributed by atoms with van der Waals surface area (Å²) in [6.45, 7) is 12.7. The van der Waals surface area contributed by atoms with E-state index < -0.39 is 0 Å². The summed E-state index contributed by atoms with van der Waals surface area (Å²) in [5, 5.41) is 0.217. The molecule has 0 bridgehead atoms. The molecule has 1 aromatic carbocycles. The van der Waals surface area contributed by atoms with Gasteiger partial charge < -0.3 is 4.43 Å². The van der Waals surface area contributed by atoms with Gasteiger partial charge in [-0.2, -0.15) is 0 Å². The van der Waals surface area contributed by atoms with Crippen molar-refractivity contribution in [2.75, 3.05) is 0 Å². The minimum absolute atomic E-state index is 0.217. The van der Waals surface area contributed by atoms with Crippen molar-refractivity contribution < 1.29 is 4.43 Å². The minimum atomic E-state index is 0.217. The molecule has 16 heavy (non-hydrogen) atoms. The summed E-state index contributed by atoms with van der Waals surface area (Å²) in [6.07, 6.45) is 1.84. The standard InChI is InChI=1S/C14H20OSi/c1-6-12-9-7-8-10-13(12)15-16-14(4,5)11(2)3/h6-11H,1H2,2-5H3. The van der Waals surface area contributed by atoms with Crippen LogP contribution in [0.5, 0.6) is 5.75 Å². The maximum absolute atomic E-state index is 5.91. The SMILES string of the molecule is C=Cc1ccccc1O[Si]C(C)(C)C(C)C. The Morgan fingerprint density at radius 3 is 2.50 bits per heavy atom. The Kier molecular flexibility index (Phi) is 4.36. The van der Waals surface area contributed by atoms with E-state index in [2.05, 4.69) is 34.3 Å². The van der Waals surface area contributed by atoms with Crippen LogP contribution in [0.2, 0.25) is 5.04 Å². The van der Waals surface area contributed by atoms with Crippen molar-refractivity contribution in [3.63, 3.8) is 0 Å². The van der Waals surface area contributed by atoms with Crippen molar-refractivity contribution >= 4 is 15.8 Å². The second kappa shape index (κ2) is 5.35. The predicted octanol–water partition coefficient (Wildman–Crippen LogP) is 4.18. The van der Waals surface area contributed by atoms with Gasteiger partial charge in [-0.25, -0.2) is 0 Å². The van der Waals surface area contributed by atoms with E-state index in [1.807, 2.05) is 30.3 Å². The molecule has 0 heterocycles. The van der Waals surface area contributed by atoms with Crippen LogP contribution in [0.15, 0.2) is 30.8 Å². The molecule has 1 aromatic rings. The van der Waals surface area contributed by atoms with Crippen molar-refractivity contribution in [3.8, 4) is 5.75 Å². The largest absolute Gasteiger partial charge is 0.540 e. The first-order valence-electron chi connectivity index (χ1n) is 5.63. The second-order valence-corrected chi connectivity index (χ2v) is 6.52. The van der Waals surface area contributed by atoms with Crippen LogP contribution in [0, 0.1) is 5.92 Å². The van der Waals surface area contributed by atoms with Gasteiger partial charge in [0.15, 0.2) is 0 Å². The molecule has 1 nitrogen and oxygen atoms in total. The van der Waals surface area contributed by atoms with Crippen molar-refractivity contribution in [1.82, 2.24) is 0 Å². The molecular weight excluding hydrogens is 212 g/mol. The van der Waals surface area contributed by atoms with E-state index in [-0.39, 0.29) is 5.04 Å². The normalized spacial score (nSPS) is 11.6. The lowest BCUT2D eigenvalue weighted by Gasteiger charge is -2.27. The highest BCUT2D eigenvalue weighted by Crippen LogP contribution is 2.33. The number of hydrogen-bond donors (Lipinski definition) is 0. The Hall–Kier alpha value is -1.02. The molecule has 2 heteroatoms. The molecule has 0 atom stereocenters. The fourth-order valence-electron chi connectivity index (χ4n) is 1.05. The van der Waals surface area contributed by atoms with Gasteiger partial charge in [0.25, 0.3) is 0 Å². The Morgan fingerprint density at radius 2 is 1.94 bits per heavy atom. The van der Waals surface area contributed by atoms with Crippen LogP contribution in [-0.2, 0) is 0 Å². The first kappa shape index (κ1) is 13.0. The fraction of sp³-hybridized carbons (Fsp3) is 0.429. The average Bonchev–Trinajstić information content (AvgIpc) is 2.26. The highest BCUT2D eigenvalue weighted by Gasteiger charge is 2.26. The van der Waals surface area contributed by atoms with Crippen LogP contribution in [0.3, 0.4) is 0 Å². The second-order valence-electron chi connectivity index (χ2n) is 4.82. The molecule has 0 aromatic heterocycles. The highest BCUT2D eigenvalue weighted by atomic mass is 28.2. The molecular formula is C14H20OSi.